The van der Waals surface area contributed by atoms with Crippen molar-refractivity contribution in [2.24, 2.45) is 0 Å². The van der Waals surface area contributed by atoms with Crippen LogP contribution in [0, 0.1) is 0 Å². The summed E-state index contributed by atoms with van der Waals surface area (Å²) in [5.41, 5.74) is 0.324. The smallest absolute Gasteiger partial charge is 0.330 e. The summed E-state index contributed by atoms with van der Waals surface area (Å²) < 4.78 is 29.9. The molecule has 0 saturated carbocycles. The zero-order valence-electron chi connectivity index (χ0n) is 12.5. The minimum absolute atomic E-state index is 0.118. The van der Waals surface area contributed by atoms with E-state index in [0.717, 1.165) is 19.1 Å². The topological polar surface area (TPSA) is 119 Å². The average Bonchev–Trinajstić information content (AvgIpc) is 2.45. The first kappa shape index (κ1) is 18.4. The van der Waals surface area contributed by atoms with Crippen LogP contribution in [0.1, 0.15) is 13.8 Å². The largest absolute Gasteiger partial charge is 0.463 e. The van der Waals surface area contributed by atoms with Gasteiger partial charge in [0.15, 0.2) is 0 Å². The third kappa shape index (κ3) is 6.30. The lowest BCUT2D eigenvalue weighted by Gasteiger charge is -2.06. The number of carbonyl (C=O) groups excluding carboxylic acids is 3. The Hall–Kier alpha value is -2.68. The van der Waals surface area contributed by atoms with Crippen molar-refractivity contribution in [2.45, 2.75) is 18.7 Å². The van der Waals surface area contributed by atoms with Crippen molar-refractivity contribution in [1.29, 1.82) is 0 Å². The van der Waals surface area contributed by atoms with Crippen molar-refractivity contribution in [3.63, 3.8) is 0 Å². The fourth-order valence-corrected chi connectivity index (χ4v) is 2.47. The van der Waals surface area contributed by atoms with E-state index in [-0.39, 0.29) is 11.5 Å². The van der Waals surface area contributed by atoms with Crippen molar-refractivity contribution >= 4 is 33.5 Å². The molecule has 0 fully saturated rings. The summed E-state index contributed by atoms with van der Waals surface area (Å²) in [5, 5.41) is 2.44. The van der Waals surface area contributed by atoms with Gasteiger partial charge in [0.1, 0.15) is 0 Å². The molecule has 0 atom stereocenters. The monoisotopic (exact) mass is 340 g/mol. The van der Waals surface area contributed by atoms with Crippen LogP contribution in [-0.4, -0.2) is 32.8 Å². The first-order valence-corrected chi connectivity index (χ1v) is 8.02. The first-order chi connectivity index (χ1) is 10.7. The molecule has 23 heavy (non-hydrogen) atoms. The molecule has 0 aliphatic rings. The Morgan fingerprint density at radius 2 is 1.74 bits per heavy atom. The highest BCUT2D eigenvalue weighted by molar-refractivity contribution is 7.90. The molecule has 1 aromatic carbocycles. The van der Waals surface area contributed by atoms with Crippen molar-refractivity contribution in [2.75, 3.05) is 11.9 Å². The molecule has 1 aromatic rings. The second-order valence-electron chi connectivity index (χ2n) is 4.26. The first-order valence-electron chi connectivity index (χ1n) is 6.54. The lowest BCUT2D eigenvalue weighted by atomic mass is 10.3. The zero-order chi connectivity index (χ0) is 17.5. The summed E-state index contributed by atoms with van der Waals surface area (Å²) in [5.74, 6) is -1.92. The van der Waals surface area contributed by atoms with Crippen LogP contribution in [0.5, 0.6) is 0 Å². The molecule has 8 nitrogen and oxygen atoms in total. The van der Waals surface area contributed by atoms with E-state index in [0.29, 0.717) is 5.69 Å². The van der Waals surface area contributed by atoms with Gasteiger partial charge in [-0.2, -0.15) is 0 Å². The summed E-state index contributed by atoms with van der Waals surface area (Å²) in [6.07, 6.45) is 1.98. The molecule has 2 amide bonds. The number of hydrogen-bond acceptors (Lipinski definition) is 6. The predicted octanol–water partition coefficient (Wildman–Crippen LogP) is 0.569. The van der Waals surface area contributed by atoms with Gasteiger partial charge in [0.2, 0.25) is 11.8 Å². The molecule has 0 aliphatic heterocycles. The van der Waals surface area contributed by atoms with Gasteiger partial charge in [-0.05, 0) is 31.2 Å². The van der Waals surface area contributed by atoms with Crippen molar-refractivity contribution in [3.8, 4) is 0 Å². The van der Waals surface area contributed by atoms with Crippen molar-refractivity contribution in [3.05, 3.63) is 36.4 Å². The Balaban J connectivity index is 2.73. The van der Waals surface area contributed by atoms with Gasteiger partial charge in [0, 0.05) is 24.8 Å². The second kappa shape index (κ2) is 8.08. The number of esters is 1. The van der Waals surface area contributed by atoms with Crippen LogP contribution in [0.2, 0.25) is 0 Å². The standard InChI is InChI=1S/C14H16N2O6S/c1-3-22-14(19)9-8-13(18)15-11-4-6-12(7-5-11)23(20,21)16-10(2)17/h4-9H,3H2,1-2H3,(H,15,18)(H,16,17)/b9-8+. The van der Waals surface area contributed by atoms with Gasteiger partial charge in [0.25, 0.3) is 10.0 Å². The van der Waals surface area contributed by atoms with Gasteiger partial charge in [-0.15, -0.1) is 0 Å². The number of benzene rings is 1. The van der Waals surface area contributed by atoms with Gasteiger partial charge in [0.05, 0.1) is 11.5 Å². The number of carbonyl (C=O) groups is 3. The molecule has 1 rings (SSSR count). The lowest BCUT2D eigenvalue weighted by Crippen LogP contribution is -2.28. The summed E-state index contributed by atoms with van der Waals surface area (Å²) >= 11 is 0. The van der Waals surface area contributed by atoms with E-state index in [1.165, 1.54) is 24.3 Å². The van der Waals surface area contributed by atoms with Crippen LogP contribution in [0.15, 0.2) is 41.3 Å². The Labute approximate surface area is 133 Å². The van der Waals surface area contributed by atoms with E-state index >= 15 is 0 Å². The summed E-state index contributed by atoms with van der Waals surface area (Å²) in [6, 6.07) is 5.17. The Bertz CT molecular complexity index is 722. The number of rotatable bonds is 6. The highest BCUT2D eigenvalue weighted by Crippen LogP contribution is 2.14. The van der Waals surface area contributed by atoms with Crippen LogP contribution < -0.4 is 10.0 Å². The maximum Gasteiger partial charge on any atom is 0.330 e. The second-order valence-corrected chi connectivity index (χ2v) is 5.94. The SMILES string of the molecule is CCOC(=O)/C=C/C(=O)Nc1ccc(S(=O)(=O)NC(C)=O)cc1. The molecule has 0 bridgehead atoms. The lowest BCUT2D eigenvalue weighted by molar-refractivity contribution is -0.137. The highest BCUT2D eigenvalue weighted by Gasteiger charge is 2.15. The third-order valence-corrected chi connectivity index (χ3v) is 3.82. The highest BCUT2D eigenvalue weighted by atomic mass is 32.2. The van der Waals surface area contributed by atoms with Crippen molar-refractivity contribution in [1.82, 2.24) is 4.72 Å². The molecule has 0 aliphatic carbocycles. The number of hydrogen-bond donors (Lipinski definition) is 2. The molecule has 2 N–H and O–H groups in total. The van der Waals surface area contributed by atoms with Crippen molar-refractivity contribution < 1.29 is 27.5 Å². The van der Waals surface area contributed by atoms with Gasteiger partial charge < -0.3 is 10.1 Å². The number of amides is 2. The van der Waals surface area contributed by atoms with Gasteiger partial charge >= 0.3 is 5.97 Å². The zero-order valence-corrected chi connectivity index (χ0v) is 13.3. The van der Waals surface area contributed by atoms with E-state index in [1.807, 2.05) is 4.72 Å². The summed E-state index contributed by atoms with van der Waals surface area (Å²) in [7, 11) is -3.92. The van der Waals surface area contributed by atoms with E-state index in [9.17, 15) is 22.8 Å². The molecular formula is C14H16N2O6S. The minimum atomic E-state index is -3.92. The number of ether oxygens (including phenoxy) is 1. The van der Waals surface area contributed by atoms with Crippen LogP contribution in [0.3, 0.4) is 0 Å². The quantitative estimate of drug-likeness (QED) is 0.577. The predicted molar refractivity (Wildman–Crippen MR) is 81.8 cm³/mol. The molecule has 0 radical (unpaired) electrons. The van der Waals surface area contributed by atoms with Crippen LogP contribution in [0.4, 0.5) is 5.69 Å². The van der Waals surface area contributed by atoms with Crippen LogP contribution in [-0.2, 0) is 29.1 Å². The fourth-order valence-electron chi connectivity index (χ4n) is 1.48. The van der Waals surface area contributed by atoms with E-state index < -0.39 is 27.8 Å². The molecule has 0 heterocycles. The minimum Gasteiger partial charge on any atom is -0.463 e. The maximum absolute atomic E-state index is 11.7. The molecule has 9 heteroatoms. The molecular weight excluding hydrogens is 324 g/mol. The maximum atomic E-state index is 11.7. The van der Waals surface area contributed by atoms with E-state index in [4.69, 9.17) is 0 Å². The number of nitrogens with one attached hydrogen (secondary N) is 2. The molecule has 0 saturated heterocycles. The van der Waals surface area contributed by atoms with E-state index in [2.05, 4.69) is 10.1 Å². The van der Waals surface area contributed by atoms with E-state index in [1.54, 1.807) is 6.92 Å². The summed E-state index contributed by atoms with van der Waals surface area (Å²) in [6.45, 7) is 2.93. The normalized spacial score (nSPS) is 11.0. The Morgan fingerprint density at radius 3 is 2.26 bits per heavy atom. The molecule has 124 valence electrons. The Kier molecular flexibility index (Phi) is 6.46. The third-order valence-electron chi connectivity index (χ3n) is 2.37. The molecule has 0 aromatic heterocycles. The Morgan fingerprint density at radius 1 is 1.13 bits per heavy atom. The van der Waals surface area contributed by atoms with Gasteiger partial charge in [-0.3, -0.25) is 9.59 Å². The average molecular weight is 340 g/mol. The molecule has 0 unspecified atom stereocenters. The summed E-state index contributed by atoms with van der Waals surface area (Å²) in [4.78, 5) is 33.3. The number of anilines is 1. The van der Waals surface area contributed by atoms with Crippen LogP contribution >= 0.6 is 0 Å². The number of sulfonamides is 1. The van der Waals surface area contributed by atoms with Gasteiger partial charge in [-0.25, -0.2) is 17.9 Å². The van der Waals surface area contributed by atoms with Crippen LogP contribution in [0.25, 0.3) is 0 Å². The van der Waals surface area contributed by atoms with Gasteiger partial charge in [-0.1, -0.05) is 0 Å². The molecule has 0 spiro atoms. The fraction of sp³-hybridized carbons (Fsp3) is 0.214.